The molecule has 1 N–H and O–H groups in total. The first-order valence-electron chi connectivity index (χ1n) is 11.9. The van der Waals surface area contributed by atoms with Gasteiger partial charge in [0.1, 0.15) is 0 Å². The first kappa shape index (κ1) is 23.6. The summed E-state index contributed by atoms with van der Waals surface area (Å²) in [4.78, 5) is 17.5. The van der Waals surface area contributed by atoms with Crippen molar-refractivity contribution in [2.24, 2.45) is 0 Å². The molecule has 2 aromatic rings. The van der Waals surface area contributed by atoms with Crippen LogP contribution in [0.4, 0.5) is 18.9 Å². The Morgan fingerprint density at radius 3 is 2.27 bits per heavy atom. The molecule has 4 rings (SSSR count). The highest BCUT2D eigenvalue weighted by Gasteiger charge is 2.40. The molecule has 1 aliphatic heterocycles. The molecule has 0 radical (unpaired) electrons. The van der Waals surface area contributed by atoms with Crippen molar-refractivity contribution in [1.29, 1.82) is 0 Å². The van der Waals surface area contributed by atoms with Crippen molar-refractivity contribution in [3.8, 4) is 0 Å². The molecule has 33 heavy (non-hydrogen) atoms. The maximum absolute atomic E-state index is 13.3. The minimum absolute atomic E-state index is 0.121. The molecule has 4 nitrogen and oxygen atoms in total. The Morgan fingerprint density at radius 1 is 0.909 bits per heavy atom. The number of benzene rings is 2. The summed E-state index contributed by atoms with van der Waals surface area (Å²) in [5.41, 5.74) is 0.679. The van der Waals surface area contributed by atoms with E-state index in [1.54, 1.807) is 6.07 Å². The number of carbonyl (C=O) groups excluding carboxylic acids is 1. The monoisotopic (exact) mass is 459 g/mol. The van der Waals surface area contributed by atoms with E-state index in [-0.39, 0.29) is 5.91 Å². The molecule has 1 heterocycles. The van der Waals surface area contributed by atoms with Gasteiger partial charge in [-0.25, -0.2) is 0 Å². The van der Waals surface area contributed by atoms with Crippen LogP contribution in [0.2, 0.25) is 0 Å². The van der Waals surface area contributed by atoms with Crippen LogP contribution < -0.4 is 10.2 Å². The van der Waals surface area contributed by atoms with Crippen LogP contribution in [0.1, 0.15) is 43.2 Å². The first-order chi connectivity index (χ1) is 15.9. The van der Waals surface area contributed by atoms with Gasteiger partial charge < -0.3 is 10.2 Å². The molecule has 0 atom stereocenters. The smallest absolute Gasteiger partial charge is 0.369 e. The van der Waals surface area contributed by atoms with E-state index in [1.807, 2.05) is 23.1 Å². The molecule has 1 aliphatic carbocycles. The van der Waals surface area contributed by atoms with Crippen LogP contribution >= 0.6 is 0 Å². The summed E-state index contributed by atoms with van der Waals surface area (Å²) in [5, 5.41) is 3.19. The first-order valence-corrected chi connectivity index (χ1v) is 11.9. The maximum atomic E-state index is 13.3. The van der Waals surface area contributed by atoms with E-state index in [1.165, 1.54) is 18.6 Å². The number of nitrogens with one attached hydrogen (secondary N) is 1. The van der Waals surface area contributed by atoms with Gasteiger partial charge >= 0.3 is 6.18 Å². The average Bonchev–Trinajstić information content (AvgIpc) is 2.85. The molecule has 1 saturated carbocycles. The zero-order valence-electron chi connectivity index (χ0n) is 18.9. The van der Waals surface area contributed by atoms with E-state index in [0.717, 1.165) is 56.9 Å². The molecule has 1 amide bonds. The second-order valence-corrected chi connectivity index (χ2v) is 9.14. The molecule has 0 spiro atoms. The summed E-state index contributed by atoms with van der Waals surface area (Å²) in [5.74, 6) is 0.121. The molecule has 7 heteroatoms. The summed E-state index contributed by atoms with van der Waals surface area (Å²) in [6.07, 6.45) is 0.764. The van der Waals surface area contributed by atoms with Gasteiger partial charge in [-0.1, -0.05) is 55.7 Å². The number of hydrogen-bond donors (Lipinski definition) is 1. The molecule has 178 valence electrons. The van der Waals surface area contributed by atoms with Crippen molar-refractivity contribution in [3.05, 3.63) is 65.7 Å². The molecule has 1 saturated heterocycles. The number of amides is 1. The number of rotatable bonds is 6. The standard InChI is InChI=1S/C26H32F3N3O/c27-26(28,29)22-10-7-11-23(20-22)32-18-16-31(17-19-32)15-14-30-24(33)25(12-5-2-6-13-25)21-8-3-1-4-9-21/h1,3-4,7-11,20H,2,5-6,12-19H2,(H,30,33). The van der Waals surface area contributed by atoms with Crippen LogP contribution in [0.25, 0.3) is 0 Å². The minimum Gasteiger partial charge on any atom is -0.369 e. The molecule has 2 aromatic carbocycles. The van der Waals surface area contributed by atoms with Gasteiger partial charge in [0.2, 0.25) is 5.91 Å². The molecular weight excluding hydrogens is 427 g/mol. The Hall–Kier alpha value is -2.54. The fourth-order valence-corrected chi connectivity index (χ4v) is 5.16. The number of hydrogen-bond acceptors (Lipinski definition) is 3. The van der Waals surface area contributed by atoms with Crippen LogP contribution in [0.3, 0.4) is 0 Å². The molecule has 2 fully saturated rings. The highest BCUT2D eigenvalue weighted by Crippen LogP contribution is 2.39. The average molecular weight is 460 g/mol. The van der Waals surface area contributed by atoms with Gasteiger partial charge in [-0.3, -0.25) is 9.69 Å². The normalized spacial score (nSPS) is 19.3. The Balaban J connectivity index is 1.28. The van der Waals surface area contributed by atoms with Crippen LogP contribution in [0.15, 0.2) is 54.6 Å². The van der Waals surface area contributed by atoms with Gasteiger partial charge in [-0.15, -0.1) is 0 Å². The number of halogens is 3. The zero-order chi connectivity index (χ0) is 23.3. The van der Waals surface area contributed by atoms with E-state index in [4.69, 9.17) is 0 Å². The minimum atomic E-state index is -4.33. The second-order valence-electron chi connectivity index (χ2n) is 9.14. The molecule has 0 unspecified atom stereocenters. The highest BCUT2D eigenvalue weighted by atomic mass is 19.4. The van der Waals surface area contributed by atoms with Crippen LogP contribution in [0, 0.1) is 0 Å². The number of piperazine rings is 1. The SMILES string of the molecule is O=C(NCCN1CCN(c2cccc(C(F)(F)F)c2)CC1)C1(c2ccccc2)CCCCC1. The summed E-state index contributed by atoms with van der Waals surface area (Å²) >= 11 is 0. The second kappa shape index (κ2) is 10.2. The van der Waals surface area contributed by atoms with Gasteiger partial charge in [0.25, 0.3) is 0 Å². The van der Waals surface area contributed by atoms with Crippen molar-refractivity contribution in [2.75, 3.05) is 44.2 Å². The van der Waals surface area contributed by atoms with Crippen LogP contribution in [-0.4, -0.2) is 50.1 Å². The van der Waals surface area contributed by atoms with Crippen LogP contribution in [0.5, 0.6) is 0 Å². The maximum Gasteiger partial charge on any atom is 0.416 e. The highest BCUT2D eigenvalue weighted by molar-refractivity contribution is 5.88. The fourth-order valence-electron chi connectivity index (χ4n) is 5.16. The largest absolute Gasteiger partial charge is 0.416 e. The molecule has 2 aliphatic rings. The third kappa shape index (κ3) is 5.52. The fraction of sp³-hybridized carbons (Fsp3) is 0.500. The quantitative estimate of drug-likeness (QED) is 0.671. The van der Waals surface area contributed by atoms with E-state index in [0.29, 0.717) is 25.3 Å². The lowest BCUT2D eigenvalue weighted by molar-refractivity contribution is -0.137. The van der Waals surface area contributed by atoms with Gasteiger partial charge in [0.15, 0.2) is 0 Å². The number of anilines is 1. The summed E-state index contributed by atoms with van der Waals surface area (Å²) in [6, 6.07) is 15.7. The van der Waals surface area contributed by atoms with Gasteiger partial charge in [0, 0.05) is 45.0 Å². The Labute approximate surface area is 193 Å². The lowest BCUT2D eigenvalue weighted by Gasteiger charge is -2.38. The van der Waals surface area contributed by atoms with Gasteiger partial charge in [0.05, 0.1) is 11.0 Å². The van der Waals surface area contributed by atoms with E-state index < -0.39 is 17.2 Å². The summed E-state index contributed by atoms with van der Waals surface area (Å²) < 4.78 is 39.0. The van der Waals surface area contributed by atoms with Gasteiger partial charge in [-0.2, -0.15) is 13.2 Å². The Bertz CT molecular complexity index is 918. The van der Waals surface area contributed by atoms with Crippen molar-refractivity contribution >= 4 is 11.6 Å². The third-order valence-electron chi connectivity index (χ3n) is 7.09. The van der Waals surface area contributed by atoms with E-state index in [9.17, 15) is 18.0 Å². The lowest BCUT2D eigenvalue weighted by Crippen LogP contribution is -2.51. The van der Waals surface area contributed by atoms with Crippen molar-refractivity contribution in [1.82, 2.24) is 10.2 Å². The molecule has 0 bridgehead atoms. The summed E-state index contributed by atoms with van der Waals surface area (Å²) in [7, 11) is 0. The van der Waals surface area contributed by atoms with Crippen molar-refractivity contribution in [3.63, 3.8) is 0 Å². The van der Waals surface area contributed by atoms with Crippen molar-refractivity contribution < 1.29 is 18.0 Å². The Kier molecular flexibility index (Phi) is 7.27. The van der Waals surface area contributed by atoms with Crippen molar-refractivity contribution in [2.45, 2.75) is 43.7 Å². The number of carbonyl (C=O) groups is 1. The number of alkyl halides is 3. The third-order valence-corrected chi connectivity index (χ3v) is 7.09. The topological polar surface area (TPSA) is 35.6 Å². The predicted molar refractivity (Wildman–Crippen MR) is 124 cm³/mol. The molecule has 0 aromatic heterocycles. The van der Waals surface area contributed by atoms with E-state index in [2.05, 4.69) is 22.3 Å². The summed E-state index contributed by atoms with van der Waals surface area (Å²) in [6.45, 7) is 4.18. The molecular formula is C26H32F3N3O. The van der Waals surface area contributed by atoms with E-state index >= 15 is 0 Å². The number of nitrogens with zero attached hydrogens (tertiary/aromatic N) is 2. The van der Waals surface area contributed by atoms with Crippen LogP contribution in [-0.2, 0) is 16.4 Å². The predicted octanol–water partition coefficient (Wildman–Crippen LogP) is 4.85. The van der Waals surface area contributed by atoms with Gasteiger partial charge in [-0.05, 0) is 36.6 Å². The zero-order valence-corrected chi connectivity index (χ0v) is 18.9. The lowest BCUT2D eigenvalue weighted by atomic mass is 9.68. The Morgan fingerprint density at radius 2 is 1.61 bits per heavy atom.